The predicted octanol–water partition coefficient (Wildman–Crippen LogP) is 5.88. The lowest BCUT2D eigenvalue weighted by Crippen LogP contribution is -2.17. The Kier molecular flexibility index (Phi) is 5.84. The number of hydrogen-bond donors (Lipinski definition) is 1. The molecule has 3 heterocycles. The van der Waals surface area contributed by atoms with Gasteiger partial charge in [0.2, 0.25) is 0 Å². The average molecular weight is 530 g/mol. The van der Waals surface area contributed by atoms with Gasteiger partial charge in [-0.3, -0.25) is 14.5 Å². The number of rotatable bonds is 5. The van der Waals surface area contributed by atoms with Crippen LogP contribution in [-0.2, 0) is 22.7 Å². The summed E-state index contributed by atoms with van der Waals surface area (Å²) in [6.07, 6.45) is -1.63. The first-order valence-electron chi connectivity index (χ1n) is 10.7. The SMILES string of the molecule is CN1Cc2cc(-c3ccc(-c4cncc(NS(=O)(=O)c5ccc(C(F)(F)F)cc5)c4)s3)ccc2C1=O. The van der Waals surface area contributed by atoms with Crippen LogP contribution in [0.4, 0.5) is 18.9 Å². The Bertz CT molecular complexity index is 1580. The molecule has 1 aliphatic heterocycles. The summed E-state index contributed by atoms with van der Waals surface area (Å²) in [5, 5.41) is 0. The highest BCUT2D eigenvalue weighted by Crippen LogP contribution is 2.37. The highest BCUT2D eigenvalue weighted by atomic mass is 32.2. The molecule has 36 heavy (non-hydrogen) atoms. The molecule has 0 radical (unpaired) electrons. The lowest BCUT2D eigenvalue weighted by Gasteiger charge is -2.10. The summed E-state index contributed by atoms with van der Waals surface area (Å²) >= 11 is 1.49. The van der Waals surface area contributed by atoms with E-state index < -0.39 is 21.8 Å². The highest BCUT2D eigenvalue weighted by Gasteiger charge is 2.30. The van der Waals surface area contributed by atoms with E-state index in [-0.39, 0.29) is 16.5 Å². The lowest BCUT2D eigenvalue weighted by molar-refractivity contribution is -0.137. The standard InChI is InChI=1S/C25H18F3N3O3S2/c1-31-14-17-10-15(2-7-21(17)24(31)32)22-8-9-23(35-22)16-11-19(13-29-12-16)30-36(33,34)20-5-3-18(4-6-20)25(26,27)28/h2-13,30H,14H2,1H3. The number of nitrogens with one attached hydrogen (secondary N) is 1. The average Bonchev–Trinajstić information content (AvgIpc) is 3.43. The Morgan fingerprint density at radius 1 is 0.944 bits per heavy atom. The molecule has 6 nitrogen and oxygen atoms in total. The fourth-order valence-electron chi connectivity index (χ4n) is 3.94. The molecular formula is C25H18F3N3O3S2. The minimum atomic E-state index is -4.55. The van der Waals surface area contributed by atoms with Crippen LogP contribution in [0.25, 0.3) is 20.9 Å². The van der Waals surface area contributed by atoms with Gasteiger partial charge in [0.05, 0.1) is 22.3 Å². The Balaban J connectivity index is 1.37. The Labute approximate surface area is 209 Å². The van der Waals surface area contributed by atoms with Gasteiger partial charge in [-0.05, 0) is 65.7 Å². The molecule has 184 valence electrons. The van der Waals surface area contributed by atoms with Crippen LogP contribution in [0.5, 0.6) is 0 Å². The maximum atomic E-state index is 12.8. The largest absolute Gasteiger partial charge is 0.416 e. The van der Waals surface area contributed by atoms with E-state index in [1.165, 1.54) is 17.5 Å². The summed E-state index contributed by atoms with van der Waals surface area (Å²) in [4.78, 5) is 19.5. The Morgan fingerprint density at radius 3 is 2.33 bits per heavy atom. The third-order valence-corrected chi connectivity index (χ3v) is 8.33. The fourth-order valence-corrected chi connectivity index (χ4v) is 5.95. The van der Waals surface area contributed by atoms with E-state index in [4.69, 9.17) is 0 Å². The first-order chi connectivity index (χ1) is 17.0. The van der Waals surface area contributed by atoms with Gasteiger partial charge in [-0.15, -0.1) is 11.3 Å². The van der Waals surface area contributed by atoms with Crippen molar-refractivity contribution in [3.05, 3.63) is 89.7 Å². The molecule has 0 unspecified atom stereocenters. The highest BCUT2D eigenvalue weighted by molar-refractivity contribution is 7.92. The number of pyridine rings is 1. The number of halogens is 3. The van der Waals surface area contributed by atoms with Gasteiger partial charge in [0.1, 0.15) is 0 Å². The van der Waals surface area contributed by atoms with Crippen LogP contribution in [0.3, 0.4) is 0 Å². The number of carbonyl (C=O) groups excluding carboxylic acids is 1. The third kappa shape index (κ3) is 4.59. The zero-order valence-electron chi connectivity index (χ0n) is 18.7. The van der Waals surface area contributed by atoms with Gasteiger partial charge in [0.25, 0.3) is 15.9 Å². The molecule has 0 atom stereocenters. The number of anilines is 1. The normalized spacial score (nSPS) is 13.7. The molecule has 11 heteroatoms. The van der Waals surface area contributed by atoms with E-state index in [1.54, 1.807) is 24.2 Å². The van der Waals surface area contributed by atoms with Crippen molar-refractivity contribution >= 4 is 33.0 Å². The number of fused-ring (bicyclic) bond motifs is 1. The van der Waals surface area contributed by atoms with Crippen molar-refractivity contribution < 1.29 is 26.4 Å². The maximum absolute atomic E-state index is 12.8. The molecule has 0 saturated carbocycles. The zero-order valence-corrected chi connectivity index (χ0v) is 20.3. The van der Waals surface area contributed by atoms with Crippen molar-refractivity contribution in [2.45, 2.75) is 17.6 Å². The minimum absolute atomic E-state index is 0.00468. The second-order valence-electron chi connectivity index (χ2n) is 8.29. The summed E-state index contributed by atoms with van der Waals surface area (Å²) in [6.45, 7) is 0.561. The third-order valence-electron chi connectivity index (χ3n) is 5.75. The van der Waals surface area contributed by atoms with Crippen LogP contribution in [0.1, 0.15) is 21.5 Å². The van der Waals surface area contributed by atoms with Gasteiger partial charge in [0.15, 0.2) is 0 Å². The molecule has 2 aromatic heterocycles. The van der Waals surface area contributed by atoms with Crippen molar-refractivity contribution in [1.82, 2.24) is 9.88 Å². The van der Waals surface area contributed by atoms with Gasteiger partial charge >= 0.3 is 6.18 Å². The van der Waals surface area contributed by atoms with Gasteiger partial charge in [-0.1, -0.05) is 6.07 Å². The van der Waals surface area contributed by atoms with E-state index >= 15 is 0 Å². The molecule has 0 saturated heterocycles. The first kappa shape index (κ1) is 24.0. The number of benzene rings is 2. The van der Waals surface area contributed by atoms with Crippen LogP contribution >= 0.6 is 11.3 Å². The molecule has 4 aromatic rings. The van der Waals surface area contributed by atoms with E-state index in [0.29, 0.717) is 17.7 Å². The molecule has 5 rings (SSSR count). The molecule has 1 N–H and O–H groups in total. The van der Waals surface area contributed by atoms with E-state index in [0.717, 1.165) is 45.1 Å². The number of aromatic nitrogens is 1. The van der Waals surface area contributed by atoms with Crippen molar-refractivity contribution in [2.24, 2.45) is 0 Å². The van der Waals surface area contributed by atoms with Crippen molar-refractivity contribution in [3.63, 3.8) is 0 Å². The Hall–Kier alpha value is -3.70. The number of amides is 1. The van der Waals surface area contributed by atoms with Crippen LogP contribution in [0.15, 0.2) is 78.0 Å². The van der Waals surface area contributed by atoms with Gasteiger partial charge < -0.3 is 4.90 Å². The van der Waals surface area contributed by atoms with Crippen LogP contribution in [-0.4, -0.2) is 31.3 Å². The summed E-state index contributed by atoms with van der Waals surface area (Å²) in [6, 6.07) is 14.5. The summed E-state index contributed by atoms with van der Waals surface area (Å²) in [5.74, 6) is 0.00468. The minimum Gasteiger partial charge on any atom is -0.337 e. The topological polar surface area (TPSA) is 79.4 Å². The molecule has 0 bridgehead atoms. The van der Waals surface area contributed by atoms with Crippen LogP contribution in [0, 0.1) is 0 Å². The quantitative estimate of drug-likeness (QED) is 0.350. The van der Waals surface area contributed by atoms with E-state index in [1.807, 2.05) is 30.3 Å². The molecule has 1 amide bonds. The number of hydrogen-bond acceptors (Lipinski definition) is 5. The van der Waals surface area contributed by atoms with Gasteiger partial charge in [0, 0.05) is 40.7 Å². The van der Waals surface area contributed by atoms with Gasteiger partial charge in [-0.25, -0.2) is 8.42 Å². The number of thiophene rings is 1. The number of sulfonamides is 1. The van der Waals surface area contributed by atoms with Crippen molar-refractivity contribution in [3.8, 4) is 20.9 Å². The zero-order chi connectivity index (χ0) is 25.7. The van der Waals surface area contributed by atoms with E-state index in [9.17, 15) is 26.4 Å². The second kappa shape index (κ2) is 8.75. The number of nitrogens with zero attached hydrogens (tertiary/aromatic N) is 2. The summed E-state index contributed by atoms with van der Waals surface area (Å²) in [5.41, 5.74) is 2.57. The number of carbonyl (C=O) groups is 1. The summed E-state index contributed by atoms with van der Waals surface area (Å²) in [7, 11) is -2.35. The molecule has 0 fully saturated rings. The summed E-state index contributed by atoms with van der Waals surface area (Å²) < 4.78 is 66.1. The second-order valence-corrected chi connectivity index (χ2v) is 11.1. The van der Waals surface area contributed by atoms with Crippen LogP contribution < -0.4 is 4.72 Å². The molecule has 2 aromatic carbocycles. The van der Waals surface area contributed by atoms with E-state index in [2.05, 4.69) is 9.71 Å². The maximum Gasteiger partial charge on any atom is 0.416 e. The van der Waals surface area contributed by atoms with Gasteiger partial charge in [-0.2, -0.15) is 13.2 Å². The molecule has 1 aliphatic rings. The predicted molar refractivity (Wildman–Crippen MR) is 131 cm³/mol. The molecular weight excluding hydrogens is 511 g/mol. The van der Waals surface area contributed by atoms with Crippen LogP contribution in [0.2, 0.25) is 0 Å². The lowest BCUT2D eigenvalue weighted by atomic mass is 10.1. The molecule has 0 aliphatic carbocycles. The first-order valence-corrected chi connectivity index (χ1v) is 13.0. The smallest absolute Gasteiger partial charge is 0.337 e. The Morgan fingerprint density at radius 2 is 1.64 bits per heavy atom. The number of alkyl halides is 3. The fraction of sp³-hybridized carbons (Fsp3) is 0.120. The van der Waals surface area contributed by atoms with Crippen molar-refractivity contribution in [1.29, 1.82) is 0 Å². The molecule has 0 spiro atoms. The monoisotopic (exact) mass is 529 g/mol. The van der Waals surface area contributed by atoms with Crippen molar-refractivity contribution in [2.75, 3.05) is 11.8 Å².